The standard InChI is InChI=1S/C12H19NO2S2/c1-9(5-14)6-16-7-10-8-17-12(13-10)11-3-2-4-15-11/h8-9,11,14H,2-7H2,1H3. The Kier molecular flexibility index (Phi) is 5.28. The van der Waals surface area contributed by atoms with E-state index in [1.54, 1.807) is 11.3 Å². The SMILES string of the molecule is CC(CO)CSCc1csc(C2CCCO2)n1. The summed E-state index contributed by atoms with van der Waals surface area (Å²) in [5.41, 5.74) is 1.15. The molecule has 96 valence electrons. The molecule has 0 amide bonds. The largest absolute Gasteiger partial charge is 0.396 e. The number of thiazole rings is 1. The molecule has 1 aliphatic heterocycles. The third-order valence-electron chi connectivity index (χ3n) is 2.74. The summed E-state index contributed by atoms with van der Waals surface area (Å²) in [5, 5.41) is 12.2. The van der Waals surface area contributed by atoms with Crippen molar-refractivity contribution in [1.29, 1.82) is 0 Å². The lowest BCUT2D eigenvalue weighted by Gasteiger charge is -2.06. The van der Waals surface area contributed by atoms with Gasteiger partial charge >= 0.3 is 0 Å². The first-order valence-corrected chi connectivity index (χ1v) is 8.07. The van der Waals surface area contributed by atoms with Crippen LogP contribution in [0.15, 0.2) is 5.38 Å². The van der Waals surface area contributed by atoms with Crippen LogP contribution in [0.2, 0.25) is 0 Å². The molecule has 1 aliphatic rings. The van der Waals surface area contributed by atoms with Gasteiger partial charge in [-0.1, -0.05) is 6.92 Å². The van der Waals surface area contributed by atoms with Crippen LogP contribution in [0.25, 0.3) is 0 Å². The summed E-state index contributed by atoms with van der Waals surface area (Å²) in [5.74, 6) is 2.30. The van der Waals surface area contributed by atoms with Crippen molar-refractivity contribution in [2.45, 2.75) is 31.6 Å². The van der Waals surface area contributed by atoms with E-state index in [1.807, 2.05) is 11.8 Å². The predicted molar refractivity (Wildman–Crippen MR) is 72.5 cm³/mol. The number of aliphatic hydroxyl groups excluding tert-OH is 1. The number of rotatable bonds is 6. The highest BCUT2D eigenvalue weighted by Crippen LogP contribution is 2.31. The molecule has 2 unspecified atom stereocenters. The van der Waals surface area contributed by atoms with Crippen LogP contribution in [0.1, 0.15) is 36.6 Å². The molecule has 0 spiro atoms. The fourth-order valence-corrected chi connectivity index (χ4v) is 3.72. The van der Waals surface area contributed by atoms with E-state index in [0.717, 1.165) is 41.7 Å². The quantitative estimate of drug-likeness (QED) is 0.865. The zero-order valence-corrected chi connectivity index (χ0v) is 11.7. The summed E-state index contributed by atoms with van der Waals surface area (Å²) in [6, 6.07) is 0. The molecule has 2 atom stereocenters. The molecule has 0 aromatic carbocycles. The molecule has 0 radical (unpaired) electrons. The number of ether oxygens (including phenoxy) is 1. The van der Waals surface area contributed by atoms with Gasteiger partial charge in [0.2, 0.25) is 0 Å². The van der Waals surface area contributed by atoms with Crippen LogP contribution in [-0.2, 0) is 10.5 Å². The molecule has 1 fully saturated rings. The number of aliphatic hydroxyl groups is 1. The van der Waals surface area contributed by atoms with Crippen molar-refractivity contribution in [3.63, 3.8) is 0 Å². The summed E-state index contributed by atoms with van der Waals surface area (Å²) >= 11 is 3.55. The minimum Gasteiger partial charge on any atom is -0.396 e. The van der Waals surface area contributed by atoms with Gasteiger partial charge in [0, 0.05) is 24.3 Å². The Hall–Kier alpha value is -0.100. The van der Waals surface area contributed by atoms with Crippen LogP contribution < -0.4 is 0 Å². The first-order chi connectivity index (χ1) is 8.29. The Balaban J connectivity index is 1.77. The Bertz CT molecular complexity index is 337. The predicted octanol–water partition coefficient (Wildman–Crippen LogP) is 2.86. The van der Waals surface area contributed by atoms with Crippen molar-refractivity contribution in [2.75, 3.05) is 19.0 Å². The Morgan fingerprint density at radius 1 is 1.71 bits per heavy atom. The molecular weight excluding hydrogens is 254 g/mol. The van der Waals surface area contributed by atoms with Crippen molar-refractivity contribution in [3.05, 3.63) is 16.1 Å². The van der Waals surface area contributed by atoms with Gasteiger partial charge in [0.25, 0.3) is 0 Å². The van der Waals surface area contributed by atoms with E-state index in [-0.39, 0.29) is 12.7 Å². The highest BCUT2D eigenvalue weighted by Gasteiger charge is 2.20. The second-order valence-corrected chi connectivity index (χ2v) is 6.40. The van der Waals surface area contributed by atoms with Gasteiger partial charge in [0.1, 0.15) is 11.1 Å². The van der Waals surface area contributed by atoms with Crippen LogP contribution in [0.4, 0.5) is 0 Å². The molecule has 1 aromatic rings. The smallest absolute Gasteiger partial charge is 0.122 e. The Morgan fingerprint density at radius 2 is 2.59 bits per heavy atom. The molecule has 17 heavy (non-hydrogen) atoms. The molecule has 3 nitrogen and oxygen atoms in total. The van der Waals surface area contributed by atoms with Crippen LogP contribution in [0, 0.1) is 5.92 Å². The fraction of sp³-hybridized carbons (Fsp3) is 0.750. The molecule has 0 bridgehead atoms. The summed E-state index contributed by atoms with van der Waals surface area (Å²) in [6.07, 6.45) is 2.51. The van der Waals surface area contributed by atoms with E-state index >= 15 is 0 Å². The van der Waals surface area contributed by atoms with E-state index in [0.29, 0.717) is 5.92 Å². The first kappa shape index (κ1) is 13.3. The summed E-state index contributed by atoms with van der Waals surface area (Å²) in [6.45, 7) is 3.21. The lowest BCUT2D eigenvalue weighted by molar-refractivity contribution is 0.111. The number of hydrogen-bond donors (Lipinski definition) is 1. The lowest BCUT2D eigenvalue weighted by Crippen LogP contribution is -2.03. The van der Waals surface area contributed by atoms with E-state index in [4.69, 9.17) is 9.84 Å². The van der Waals surface area contributed by atoms with E-state index in [2.05, 4.69) is 17.3 Å². The molecule has 5 heteroatoms. The average molecular weight is 273 g/mol. The summed E-state index contributed by atoms with van der Waals surface area (Å²) in [7, 11) is 0. The highest BCUT2D eigenvalue weighted by atomic mass is 32.2. The van der Waals surface area contributed by atoms with Crippen molar-refractivity contribution >= 4 is 23.1 Å². The number of hydrogen-bond acceptors (Lipinski definition) is 5. The average Bonchev–Trinajstić information content (AvgIpc) is 2.98. The van der Waals surface area contributed by atoms with E-state index in [1.165, 1.54) is 0 Å². The summed E-state index contributed by atoms with van der Waals surface area (Å²) in [4.78, 5) is 4.63. The molecule has 0 saturated carbocycles. The van der Waals surface area contributed by atoms with Gasteiger partial charge < -0.3 is 9.84 Å². The highest BCUT2D eigenvalue weighted by molar-refractivity contribution is 7.98. The minimum atomic E-state index is 0.245. The lowest BCUT2D eigenvalue weighted by atomic mass is 10.2. The van der Waals surface area contributed by atoms with Gasteiger partial charge in [-0.3, -0.25) is 0 Å². The first-order valence-electron chi connectivity index (χ1n) is 6.04. The third kappa shape index (κ3) is 3.95. The van der Waals surface area contributed by atoms with Crippen molar-refractivity contribution in [2.24, 2.45) is 5.92 Å². The number of aromatic nitrogens is 1. The van der Waals surface area contributed by atoms with Crippen molar-refractivity contribution < 1.29 is 9.84 Å². The molecular formula is C12H19NO2S2. The van der Waals surface area contributed by atoms with Crippen molar-refractivity contribution in [1.82, 2.24) is 4.98 Å². The van der Waals surface area contributed by atoms with Gasteiger partial charge in [0.05, 0.1) is 5.69 Å². The number of nitrogens with zero attached hydrogens (tertiary/aromatic N) is 1. The zero-order valence-electron chi connectivity index (χ0n) is 10.1. The van der Waals surface area contributed by atoms with Crippen molar-refractivity contribution in [3.8, 4) is 0 Å². The zero-order chi connectivity index (χ0) is 12.1. The normalized spacial score (nSPS) is 21.9. The van der Waals surface area contributed by atoms with Crippen LogP contribution in [-0.4, -0.2) is 29.1 Å². The Morgan fingerprint density at radius 3 is 3.29 bits per heavy atom. The van der Waals surface area contributed by atoms with Gasteiger partial charge in [-0.15, -0.1) is 11.3 Å². The maximum absolute atomic E-state index is 8.94. The van der Waals surface area contributed by atoms with E-state index < -0.39 is 0 Å². The minimum absolute atomic E-state index is 0.245. The van der Waals surface area contributed by atoms with Crippen LogP contribution in [0.3, 0.4) is 0 Å². The molecule has 0 aliphatic carbocycles. The Labute approximate surface area is 111 Å². The fourth-order valence-electron chi connectivity index (χ4n) is 1.73. The second kappa shape index (κ2) is 6.73. The maximum Gasteiger partial charge on any atom is 0.122 e. The van der Waals surface area contributed by atoms with Crippen LogP contribution in [0.5, 0.6) is 0 Å². The molecule has 2 rings (SSSR count). The third-order valence-corrected chi connectivity index (χ3v) is 5.03. The van der Waals surface area contributed by atoms with E-state index in [9.17, 15) is 0 Å². The molecule has 1 saturated heterocycles. The topological polar surface area (TPSA) is 42.4 Å². The molecule has 1 N–H and O–H groups in total. The van der Waals surface area contributed by atoms with Crippen LogP contribution >= 0.6 is 23.1 Å². The van der Waals surface area contributed by atoms with Gasteiger partial charge in [-0.25, -0.2) is 4.98 Å². The monoisotopic (exact) mass is 273 g/mol. The second-order valence-electron chi connectivity index (χ2n) is 4.48. The molecule has 2 heterocycles. The summed E-state index contributed by atoms with van der Waals surface area (Å²) < 4.78 is 5.62. The van der Waals surface area contributed by atoms with Gasteiger partial charge in [-0.05, 0) is 24.5 Å². The number of thioether (sulfide) groups is 1. The maximum atomic E-state index is 8.94. The molecule has 1 aromatic heterocycles. The van der Waals surface area contributed by atoms with Gasteiger partial charge in [-0.2, -0.15) is 11.8 Å². The van der Waals surface area contributed by atoms with Gasteiger partial charge in [0.15, 0.2) is 0 Å².